The van der Waals surface area contributed by atoms with E-state index in [1.165, 1.54) is 16.9 Å². The van der Waals surface area contributed by atoms with Crippen molar-refractivity contribution in [1.82, 2.24) is 0 Å². The fourth-order valence-electron chi connectivity index (χ4n) is 5.25. The van der Waals surface area contributed by atoms with Crippen LogP contribution in [0.2, 0.25) is 5.02 Å². The van der Waals surface area contributed by atoms with Gasteiger partial charge in [0.2, 0.25) is 0 Å². The lowest BCUT2D eigenvalue weighted by molar-refractivity contribution is 0.389. The summed E-state index contributed by atoms with van der Waals surface area (Å²) >= 11 is 7.85. The molecule has 0 radical (unpaired) electrons. The topological polar surface area (TPSA) is 98.5 Å². The molecule has 1 spiro atoms. The zero-order valence-corrected chi connectivity index (χ0v) is 20.1. The zero-order chi connectivity index (χ0) is 22.6. The van der Waals surface area contributed by atoms with Gasteiger partial charge in [-0.25, -0.2) is 13.4 Å². The molecule has 8 heteroatoms. The highest BCUT2D eigenvalue weighted by Crippen LogP contribution is 2.47. The predicted molar refractivity (Wildman–Crippen MR) is 131 cm³/mol. The summed E-state index contributed by atoms with van der Waals surface area (Å²) in [7, 11) is -3.54. The van der Waals surface area contributed by atoms with Gasteiger partial charge >= 0.3 is 0 Å². The molecule has 0 amide bonds. The third-order valence-corrected chi connectivity index (χ3v) is 11.5. The minimum absolute atomic E-state index is 0.114. The van der Waals surface area contributed by atoms with Crippen molar-refractivity contribution in [3.8, 4) is 11.8 Å². The van der Waals surface area contributed by atoms with E-state index >= 15 is 0 Å². The Kier molecular flexibility index (Phi) is 5.21. The first kappa shape index (κ1) is 22.0. The van der Waals surface area contributed by atoms with Crippen molar-refractivity contribution in [3.63, 3.8) is 0 Å². The molecule has 4 N–H and O–H groups in total. The summed E-state index contributed by atoms with van der Waals surface area (Å²) in [5.41, 5.74) is 12.3. The first-order valence-electron chi connectivity index (χ1n) is 11.0. The standard InChI is InChI=1S/C24H26ClN3O2S2/c25-19-15-18(9-14-22(10-4-5-11-22)17-7-2-1-3-8-17)31-20(19)24(27)16-32(29,30)23(12-6-13-23)21(26)28-24/h1-3,7-8,15H,4-6,10-13,16,27H2,(H2,26,28). The highest BCUT2D eigenvalue weighted by Gasteiger charge is 2.58. The minimum Gasteiger partial charge on any atom is -0.386 e. The summed E-state index contributed by atoms with van der Waals surface area (Å²) in [5.74, 6) is 6.66. The van der Waals surface area contributed by atoms with Gasteiger partial charge in [-0.2, -0.15) is 0 Å². The summed E-state index contributed by atoms with van der Waals surface area (Å²) in [6, 6.07) is 12.2. The maximum absolute atomic E-state index is 13.1. The van der Waals surface area contributed by atoms with Crippen LogP contribution in [0.4, 0.5) is 0 Å². The van der Waals surface area contributed by atoms with E-state index in [0.717, 1.165) is 37.0 Å². The Morgan fingerprint density at radius 2 is 1.75 bits per heavy atom. The first-order valence-corrected chi connectivity index (χ1v) is 13.8. The van der Waals surface area contributed by atoms with Crippen molar-refractivity contribution < 1.29 is 8.42 Å². The molecule has 1 aliphatic heterocycles. The molecule has 2 fully saturated rings. The molecule has 2 saturated carbocycles. The Morgan fingerprint density at radius 1 is 1.06 bits per heavy atom. The predicted octanol–water partition coefficient (Wildman–Crippen LogP) is 4.08. The average Bonchev–Trinajstić information content (AvgIpc) is 3.32. The lowest BCUT2D eigenvalue weighted by Gasteiger charge is -2.46. The third kappa shape index (κ3) is 3.31. The molecule has 2 heterocycles. The normalized spacial score (nSPS) is 27.2. The monoisotopic (exact) mass is 487 g/mol. The zero-order valence-electron chi connectivity index (χ0n) is 17.7. The molecule has 2 aromatic rings. The summed E-state index contributed by atoms with van der Waals surface area (Å²) in [6.07, 6.45) is 6.21. The van der Waals surface area contributed by atoms with Crippen LogP contribution < -0.4 is 11.5 Å². The highest BCUT2D eigenvalue weighted by atomic mass is 35.5. The number of benzene rings is 1. The van der Waals surface area contributed by atoms with Crippen LogP contribution >= 0.6 is 22.9 Å². The van der Waals surface area contributed by atoms with Gasteiger partial charge < -0.3 is 11.5 Å². The van der Waals surface area contributed by atoms with Gasteiger partial charge in [0.15, 0.2) is 15.5 Å². The SMILES string of the molecule is NC1=NC(N)(c2sc(C#CC3(c4ccccc4)CCCC3)cc2Cl)CS(=O)(=O)C12CCC2. The number of hydrogen-bond donors (Lipinski definition) is 2. The molecule has 5 nitrogen and oxygen atoms in total. The number of sulfone groups is 1. The van der Waals surface area contributed by atoms with Gasteiger partial charge in [-0.3, -0.25) is 0 Å². The maximum atomic E-state index is 13.1. The Balaban J connectivity index is 1.51. The fourth-order valence-corrected chi connectivity index (χ4v) is 9.08. The molecule has 32 heavy (non-hydrogen) atoms. The third-order valence-electron chi connectivity index (χ3n) is 7.24. The van der Waals surface area contributed by atoms with Gasteiger partial charge in [-0.15, -0.1) is 11.3 Å². The molecule has 1 aromatic carbocycles. The second kappa shape index (κ2) is 7.59. The number of nitrogens with two attached hydrogens (primary N) is 2. The minimum atomic E-state index is -3.54. The summed E-state index contributed by atoms with van der Waals surface area (Å²) in [4.78, 5) is 5.76. The molecule has 1 unspecified atom stereocenters. The van der Waals surface area contributed by atoms with Crippen molar-refractivity contribution in [2.45, 2.75) is 60.8 Å². The van der Waals surface area contributed by atoms with E-state index in [1.54, 1.807) is 6.07 Å². The lowest BCUT2D eigenvalue weighted by atomic mass is 9.79. The van der Waals surface area contributed by atoms with E-state index in [0.29, 0.717) is 22.7 Å². The van der Waals surface area contributed by atoms with Crippen molar-refractivity contribution >= 4 is 38.6 Å². The van der Waals surface area contributed by atoms with E-state index in [1.807, 2.05) is 6.07 Å². The van der Waals surface area contributed by atoms with Gasteiger partial charge in [-0.1, -0.05) is 66.6 Å². The number of amidine groups is 1. The lowest BCUT2D eigenvalue weighted by Crippen LogP contribution is -2.63. The quantitative estimate of drug-likeness (QED) is 0.623. The van der Waals surface area contributed by atoms with Gasteiger partial charge in [0, 0.05) is 0 Å². The number of thiophene rings is 1. The molecule has 0 bridgehead atoms. The molecule has 1 atom stereocenters. The van der Waals surface area contributed by atoms with Crippen LogP contribution in [0.5, 0.6) is 0 Å². The van der Waals surface area contributed by atoms with E-state index in [2.05, 4.69) is 41.1 Å². The summed E-state index contributed by atoms with van der Waals surface area (Å²) in [6.45, 7) is 0. The maximum Gasteiger partial charge on any atom is 0.167 e. The van der Waals surface area contributed by atoms with Gasteiger partial charge in [0.05, 0.1) is 25.9 Å². The number of hydrogen-bond acceptors (Lipinski definition) is 6. The van der Waals surface area contributed by atoms with Crippen LogP contribution in [0.25, 0.3) is 0 Å². The van der Waals surface area contributed by atoms with Crippen LogP contribution in [-0.2, 0) is 20.9 Å². The largest absolute Gasteiger partial charge is 0.386 e. The van der Waals surface area contributed by atoms with Crippen LogP contribution in [-0.4, -0.2) is 24.8 Å². The van der Waals surface area contributed by atoms with Crippen LogP contribution in [0.15, 0.2) is 41.4 Å². The number of aliphatic imine (C=N–C) groups is 1. The van der Waals surface area contributed by atoms with Crippen LogP contribution in [0, 0.1) is 11.8 Å². The van der Waals surface area contributed by atoms with E-state index in [-0.39, 0.29) is 17.0 Å². The Bertz CT molecular complexity index is 1250. The molecule has 168 valence electrons. The van der Waals surface area contributed by atoms with Crippen molar-refractivity contribution in [2.24, 2.45) is 16.5 Å². The Morgan fingerprint density at radius 3 is 2.34 bits per heavy atom. The summed E-state index contributed by atoms with van der Waals surface area (Å²) in [5, 5.41) is 0.387. The second-order valence-corrected chi connectivity index (χ2v) is 13.0. The molecule has 1 aromatic heterocycles. The number of rotatable bonds is 2. The van der Waals surface area contributed by atoms with Crippen LogP contribution in [0.3, 0.4) is 0 Å². The first-order chi connectivity index (χ1) is 15.2. The van der Waals surface area contributed by atoms with Crippen molar-refractivity contribution in [2.75, 3.05) is 5.75 Å². The molecule has 3 aliphatic rings. The Hall–Kier alpha value is -1.85. The number of halogens is 1. The molecule has 2 aliphatic carbocycles. The van der Waals surface area contributed by atoms with Gasteiger partial charge in [-0.05, 0) is 43.7 Å². The molecular formula is C24H26ClN3O2S2. The van der Waals surface area contributed by atoms with Crippen molar-refractivity contribution in [1.29, 1.82) is 0 Å². The van der Waals surface area contributed by atoms with Crippen LogP contribution in [0.1, 0.15) is 60.3 Å². The second-order valence-electron chi connectivity index (χ2n) is 9.22. The van der Waals surface area contributed by atoms with Gasteiger partial charge in [0.25, 0.3) is 0 Å². The molecule has 5 rings (SSSR count). The number of nitrogens with zero attached hydrogens (tertiary/aromatic N) is 1. The smallest absolute Gasteiger partial charge is 0.167 e. The van der Waals surface area contributed by atoms with E-state index in [9.17, 15) is 8.42 Å². The summed E-state index contributed by atoms with van der Waals surface area (Å²) < 4.78 is 25.2. The molecule has 0 saturated heterocycles. The highest BCUT2D eigenvalue weighted by molar-refractivity contribution is 7.93. The van der Waals surface area contributed by atoms with Crippen molar-refractivity contribution in [3.05, 3.63) is 56.7 Å². The average molecular weight is 488 g/mol. The van der Waals surface area contributed by atoms with Gasteiger partial charge in [0.1, 0.15) is 10.6 Å². The fraction of sp³-hybridized carbons (Fsp3) is 0.458. The van der Waals surface area contributed by atoms with E-state index < -0.39 is 20.2 Å². The Labute approximate surface area is 198 Å². The molecular weight excluding hydrogens is 462 g/mol. The van der Waals surface area contributed by atoms with E-state index in [4.69, 9.17) is 23.1 Å².